The molecule has 22 heavy (non-hydrogen) atoms. The third-order valence-corrected chi connectivity index (χ3v) is 5.58. The third-order valence-electron chi connectivity index (χ3n) is 4.04. The molecule has 0 N–H and O–H groups in total. The maximum Gasteiger partial charge on any atom is 0.236 e. The van der Waals surface area contributed by atoms with Crippen LogP contribution in [0.15, 0.2) is 35.7 Å². The van der Waals surface area contributed by atoms with Crippen LogP contribution < -0.4 is 0 Å². The van der Waals surface area contributed by atoms with Gasteiger partial charge in [-0.05, 0) is 24.5 Å². The Hall–Kier alpha value is -1.21. The molecule has 2 fully saturated rings. The van der Waals surface area contributed by atoms with Crippen molar-refractivity contribution >= 4 is 16.1 Å². The van der Waals surface area contributed by atoms with Gasteiger partial charge in [-0.1, -0.05) is 30.3 Å². The van der Waals surface area contributed by atoms with Crippen molar-refractivity contribution in [1.82, 2.24) is 4.31 Å². The van der Waals surface area contributed by atoms with Crippen molar-refractivity contribution in [3.63, 3.8) is 0 Å². The minimum Gasteiger partial charge on any atom is -0.350 e. The van der Waals surface area contributed by atoms with E-state index in [1.807, 2.05) is 30.3 Å². The number of hydrogen-bond donors (Lipinski definition) is 0. The summed E-state index contributed by atoms with van der Waals surface area (Å²) in [6.07, 6.45) is 3.17. The Morgan fingerprint density at radius 1 is 1.14 bits per heavy atom. The Kier molecular flexibility index (Phi) is 4.93. The normalized spacial score (nSPS) is 25.0. The van der Waals surface area contributed by atoms with Gasteiger partial charge in [-0.3, -0.25) is 0 Å². The van der Waals surface area contributed by atoms with E-state index in [0.29, 0.717) is 26.3 Å². The lowest BCUT2D eigenvalue weighted by molar-refractivity contribution is -0.0939. The molecule has 1 aromatic rings. The number of rotatable bonds is 4. The van der Waals surface area contributed by atoms with Gasteiger partial charge < -0.3 is 9.47 Å². The molecule has 0 saturated carbocycles. The number of ether oxygens (including phenoxy) is 2. The molecule has 2 saturated heterocycles. The van der Waals surface area contributed by atoms with Crippen LogP contribution in [0.4, 0.5) is 0 Å². The lowest BCUT2D eigenvalue weighted by atomic mass is 9.99. The number of piperidine rings is 1. The van der Waals surface area contributed by atoms with Crippen molar-refractivity contribution in [2.24, 2.45) is 5.92 Å². The van der Waals surface area contributed by atoms with E-state index in [-0.39, 0.29) is 12.2 Å². The van der Waals surface area contributed by atoms with E-state index in [9.17, 15) is 8.42 Å². The second-order valence-corrected chi connectivity index (χ2v) is 7.45. The number of hydrogen-bond acceptors (Lipinski definition) is 4. The molecule has 0 spiro atoms. The second-order valence-electron chi connectivity index (χ2n) is 5.63. The zero-order valence-corrected chi connectivity index (χ0v) is 13.2. The van der Waals surface area contributed by atoms with Crippen molar-refractivity contribution in [1.29, 1.82) is 0 Å². The molecular formula is C16H21NO4S. The predicted molar refractivity (Wildman–Crippen MR) is 84.4 cm³/mol. The molecule has 2 heterocycles. The van der Waals surface area contributed by atoms with Gasteiger partial charge in [0, 0.05) is 24.4 Å². The minimum atomic E-state index is -3.40. The van der Waals surface area contributed by atoms with Crippen LogP contribution in [0.2, 0.25) is 0 Å². The van der Waals surface area contributed by atoms with Gasteiger partial charge >= 0.3 is 0 Å². The molecule has 0 unspecified atom stereocenters. The van der Waals surface area contributed by atoms with E-state index in [1.165, 1.54) is 9.71 Å². The average molecular weight is 323 g/mol. The van der Waals surface area contributed by atoms with Crippen LogP contribution in [0.3, 0.4) is 0 Å². The first-order valence-electron chi connectivity index (χ1n) is 7.62. The highest BCUT2D eigenvalue weighted by Crippen LogP contribution is 2.26. The molecule has 0 radical (unpaired) electrons. The average Bonchev–Trinajstić information content (AvgIpc) is 3.09. The summed E-state index contributed by atoms with van der Waals surface area (Å²) < 4.78 is 37.5. The number of nitrogens with zero attached hydrogens (tertiary/aromatic N) is 1. The third kappa shape index (κ3) is 3.76. The number of sulfonamides is 1. The molecule has 0 amide bonds. The summed E-state index contributed by atoms with van der Waals surface area (Å²) in [6.45, 7) is 2.22. The standard InChI is InChI=1S/C16H21NO4S/c18-22(19,12-8-14-5-2-1-3-6-14)17-9-4-7-15(13-17)16-20-10-11-21-16/h1-3,5-6,8,12,15-16H,4,7,9-11,13H2/b12-8-/t15-/m1/s1. The van der Waals surface area contributed by atoms with Crippen LogP contribution in [0.25, 0.3) is 6.08 Å². The lowest BCUT2D eigenvalue weighted by Gasteiger charge is -2.33. The minimum absolute atomic E-state index is 0.121. The topological polar surface area (TPSA) is 55.8 Å². The van der Waals surface area contributed by atoms with Crippen molar-refractivity contribution in [3.8, 4) is 0 Å². The first-order chi connectivity index (χ1) is 10.6. The SMILES string of the molecule is O=S(=O)(/C=C\c1ccccc1)N1CCC[C@@H](C2OCCO2)C1. The largest absolute Gasteiger partial charge is 0.350 e. The Balaban J connectivity index is 1.67. The van der Waals surface area contributed by atoms with Gasteiger partial charge in [0.05, 0.1) is 13.2 Å². The Bertz CT molecular complexity index is 608. The van der Waals surface area contributed by atoms with Crippen LogP contribution in [0.5, 0.6) is 0 Å². The molecule has 2 aliphatic rings. The quantitative estimate of drug-likeness (QED) is 0.851. The van der Waals surface area contributed by atoms with Crippen molar-refractivity contribution in [2.75, 3.05) is 26.3 Å². The molecule has 3 rings (SSSR count). The van der Waals surface area contributed by atoms with Crippen LogP contribution in [0.1, 0.15) is 18.4 Å². The molecule has 5 nitrogen and oxygen atoms in total. The Labute approximate surface area is 131 Å². The zero-order valence-electron chi connectivity index (χ0n) is 12.4. The highest BCUT2D eigenvalue weighted by Gasteiger charge is 2.34. The van der Waals surface area contributed by atoms with Gasteiger partial charge in [-0.15, -0.1) is 0 Å². The lowest BCUT2D eigenvalue weighted by Crippen LogP contribution is -2.43. The van der Waals surface area contributed by atoms with E-state index in [0.717, 1.165) is 18.4 Å². The molecular weight excluding hydrogens is 302 g/mol. The summed E-state index contributed by atoms with van der Waals surface area (Å²) in [4.78, 5) is 0. The van der Waals surface area contributed by atoms with E-state index in [1.54, 1.807) is 6.08 Å². The Morgan fingerprint density at radius 2 is 1.86 bits per heavy atom. The van der Waals surface area contributed by atoms with E-state index in [4.69, 9.17) is 9.47 Å². The maximum atomic E-state index is 12.5. The molecule has 1 aromatic carbocycles. The van der Waals surface area contributed by atoms with Gasteiger partial charge in [0.25, 0.3) is 0 Å². The first kappa shape index (κ1) is 15.7. The van der Waals surface area contributed by atoms with E-state index >= 15 is 0 Å². The molecule has 0 bridgehead atoms. The van der Waals surface area contributed by atoms with Gasteiger partial charge in [0.1, 0.15) is 0 Å². The predicted octanol–water partition coefficient (Wildman–Crippen LogP) is 2.07. The molecule has 0 aromatic heterocycles. The van der Waals surface area contributed by atoms with E-state index < -0.39 is 10.0 Å². The van der Waals surface area contributed by atoms with Crippen LogP contribution in [-0.2, 0) is 19.5 Å². The highest BCUT2D eigenvalue weighted by molar-refractivity contribution is 7.92. The molecule has 1 atom stereocenters. The zero-order chi connectivity index (χ0) is 15.4. The fourth-order valence-electron chi connectivity index (χ4n) is 2.89. The highest BCUT2D eigenvalue weighted by atomic mass is 32.2. The summed E-state index contributed by atoms with van der Waals surface area (Å²) in [5.74, 6) is 0.121. The van der Waals surface area contributed by atoms with Crippen molar-refractivity contribution in [2.45, 2.75) is 19.1 Å². The monoisotopic (exact) mass is 323 g/mol. The molecule has 6 heteroatoms. The van der Waals surface area contributed by atoms with Gasteiger partial charge in [-0.25, -0.2) is 8.42 Å². The maximum absolute atomic E-state index is 12.5. The van der Waals surface area contributed by atoms with Crippen LogP contribution >= 0.6 is 0 Å². The van der Waals surface area contributed by atoms with Gasteiger partial charge in [0.2, 0.25) is 10.0 Å². The van der Waals surface area contributed by atoms with Crippen molar-refractivity contribution < 1.29 is 17.9 Å². The Morgan fingerprint density at radius 3 is 2.59 bits per heavy atom. The summed E-state index contributed by atoms with van der Waals surface area (Å²) >= 11 is 0. The van der Waals surface area contributed by atoms with Crippen LogP contribution in [-0.4, -0.2) is 45.3 Å². The number of benzene rings is 1. The van der Waals surface area contributed by atoms with Gasteiger partial charge in [-0.2, -0.15) is 4.31 Å². The summed E-state index contributed by atoms with van der Waals surface area (Å²) in [5.41, 5.74) is 0.877. The van der Waals surface area contributed by atoms with E-state index in [2.05, 4.69) is 0 Å². The second kappa shape index (κ2) is 6.91. The van der Waals surface area contributed by atoms with Gasteiger partial charge in [0.15, 0.2) is 6.29 Å². The summed E-state index contributed by atoms with van der Waals surface area (Å²) in [5, 5.41) is 1.29. The molecule has 120 valence electrons. The smallest absolute Gasteiger partial charge is 0.236 e. The first-order valence-corrected chi connectivity index (χ1v) is 9.12. The fourth-order valence-corrected chi connectivity index (χ4v) is 4.17. The summed E-state index contributed by atoms with van der Waals surface area (Å²) in [6, 6.07) is 9.44. The van der Waals surface area contributed by atoms with Crippen LogP contribution in [0, 0.1) is 5.92 Å². The van der Waals surface area contributed by atoms with Crippen molar-refractivity contribution in [3.05, 3.63) is 41.3 Å². The molecule has 0 aliphatic carbocycles. The fraction of sp³-hybridized carbons (Fsp3) is 0.500. The summed E-state index contributed by atoms with van der Waals surface area (Å²) in [7, 11) is -3.40. The molecule has 2 aliphatic heterocycles.